The Hall–Kier alpha value is -0.450. The van der Waals surface area contributed by atoms with Crippen LogP contribution in [0, 0.1) is 0 Å². The second kappa shape index (κ2) is 4.20. The molecule has 1 aliphatic carbocycles. The lowest BCUT2D eigenvalue weighted by atomic mass is 9.76. The Morgan fingerprint density at radius 1 is 1.67 bits per heavy atom. The van der Waals surface area contributed by atoms with Crippen LogP contribution < -0.4 is 5.73 Å². The molecule has 3 nitrogen and oxygen atoms in total. The summed E-state index contributed by atoms with van der Waals surface area (Å²) in [6, 6.07) is 0. The van der Waals surface area contributed by atoms with Crippen LogP contribution in [0.4, 0.5) is 0 Å². The standard InChI is InChI=1S/C11H18N2OS/c1-3-14-8(2)10-13-9(7-15-10)11(12)5-4-6-11/h7-8H,3-6,12H2,1-2H3. The maximum atomic E-state index is 6.21. The van der Waals surface area contributed by atoms with Crippen molar-refractivity contribution in [2.45, 2.75) is 44.8 Å². The fourth-order valence-electron chi connectivity index (χ4n) is 1.84. The Morgan fingerprint density at radius 3 is 2.93 bits per heavy atom. The number of nitrogens with zero attached hydrogens (tertiary/aromatic N) is 1. The van der Waals surface area contributed by atoms with Gasteiger partial charge < -0.3 is 10.5 Å². The summed E-state index contributed by atoms with van der Waals surface area (Å²) in [5.41, 5.74) is 7.13. The Morgan fingerprint density at radius 2 is 2.40 bits per heavy atom. The van der Waals surface area contributed by atoms with E-state index in [0.29, 0.717) is 0 Å². The highest BCUT2D eigenvalue weighted by atomic mass is 32.1. The Labute approximate surface area is 94.7 Å². The van der Waals surface area contributed by atoms with Gasteiger partial charge in [-0.05, 0) is 33.1 Å². The first-order valence-electron chi connectivity index (χ1n) is 5.52. The molecule has 1 heterocycles. The van der Waals surface area contributed by atoms with Crippen molar-refractivity contribution < 1.29 is 4.74 Å². The first-order chi connectivity index (χ1) is 7.15. The smallest absolute Gasteiger partial charge is 0.122 e. The number of aromatic nitrogens is 1. The molecule has 2 N–H and O–H groups in total. The molecular formula is C11H18N2OS. The van der Waals surface area contributed by atoms with E-state index in [9.17, 15) is 0 Å². The van der Waals surface area contributed by atoms with Crippen molar-refractivity contribution in [1.82, 2.24) is 4.98 Å². The molecule has 0 spiro atoms. The normalized spacial score (nSPS) is 21.0. The van der Waals surface area contributed by atoms with Crippen LogP contribution >= 0.6 is 11.3 Å². The largest absolute Gasteiger partial charge is 0.372 e. The van der Waals surface area contributed by atoms with Gasteiger partial charge in [0.05, 0.1) is 11.2 Å². The molecule has 1 fully saturated rings. The molecule has 4 heteroatoms. The third-order valence-electron chi connectivity index (χ3n) is 3.04. The van der Waals surface area contributed by atoms with Crippen molar-refractivity contribution in [2.75, 3.05) is 6.61 Å². The zero-order valence-corrected chi connectivity index (χ0v) is 10.1. The molecule has 1 aliphatic rings. The van der Waals surface area contributed by atoms with Crippen LogP contribution in [0.5, 0.6) is 0 Å². The van der Waals surface area contributed by atoms with E-state index in [-0.39, 0.29) is 11.6 Å². The molecule has 15 heavy (non-hydrogen) atoms. The fourth-order valence-corrected chi connectivity index (χ4v) is 2.77. The van der Waals surface area contributed by atoms with Gasteiger partial charge in [0.2, 0.25) is 0 Å². The Kier molecular flexibility index (Phi) is 3.09. The van der Waals surface area contributed by atoms with Crippen molar-refractivity contribution in [3.63, 3.8) is 0 Å². The third kappa shape index (κ3) is 2.07. The molecule has 1 saturated carbocycles. The van der Waals surface area contributed by atoms with Gasteiger partial charge in [-0.15, -0.1) is 11.3 Å². The van der Waals surface area contributed by atoms with E-state index in [4.69, 9.17) is 10.5 Å². The predicted octanol–water partition coefficient (Wildman–Crippen LogP) is 2.58. The van der Waals surface area contributed by atoms with E-state index in [0.717, 1.165) is 30.2 Å². The zero-order chi connectivity index (χ0) is 10.9. The third-order valence-corrected chi connectivity index (χ3v) is 4.05. The SMILES string of the molecule is CCOC(C)c1nc(C2(N)CCC2)cs1. The monoisotopic (exact) mass is 226 g/mol. The lowest BCUT2D eigenvalue weighted by Crippen LogP contribution is -2.43. The van der Waals surface area contributed by atoms with Crippen molar-refractivity contribution >= 4 is 11.3 Å². The van der Waals surface area contributed by atoms with Crippen molar-refractivity contribution in [3.8, 4) is 0 Å². The molecule has 2 rings (SSSR count). The van der Waals surface area contributed by atoms with Crippen LogP contribution in [0.3, 0.4) is 0 Å². The first-order valence-corrected chi connectivity index (χ1v) is 6.40. The molecule has 1 atom stereocenters. The van der Waals surface area contributed by atoms with Crippen molar-refractivity contribution in [1.29, 1.82) is 0 Å². The maximum Gasteiger partial charge on any atom is 0.122 e. The number of nitrogens with two attached hydrogens (primary N) is 1. The molecular weight excluding hydrogens is 208 g/mol. The molecule has 1 aromatic rings. The minimum absolute atomic E-state index is 0.0948. The van der Waals surface area contributed by atoms with Gasteiger partial charge >= 0.3 is 0 Å². The minimum Gasteiger partial charge on any atom is -0.372 e. The van der Waals surface area contributed by atoms with Gasteiger partial charge in [-0.3, -0.25) is 0 Å². The number of thiazole rings is 1. The average Bonchev–Trinajstić information content (AvgIpc) is 2.63. The summed E-state index contributed by atoms with van der Waals surface area (Å²) in [4.78, 5) is 4.59. The number of ether oxygens (including phenoxy) is 1. The summed E-state index contributed by atoms with van der Waals surface area (Å²) in [6.45, 7) is 4.77. The van der Waals surface area contributed by atoms with Crippen LogP contribution in [-0.4, -0.2) is 11.6 Å². The van der Waals surface area contributed by atoms with Crippen molar-refractivity contribution in [3.05, 3.63) is 16.1 Å². The molecule has 1 unspecified atom stereocenters. The summed E-state index contributed by atoms with van der Waals surface area (Å²) in [6.07, 6.45) is 3.46. The summed E-state index contributed by atoms with van der Waals surface area (Å²) in [7, 11) is 0. The molecule has 84 valence electrons. The van der Waals surface area contributed by atoms with E-state index >= 15 is 0 Å². The molecule has 0 aliphatic heterocycles. The summed E-state index contributed by atoms with van der Waals surface area (Å²) >= 11 is 1.66. The maximum absolute atomic E-state index is 6.21. The van der Waals surface area contributed by atoms with Crippen LogP contribution in [0.15, 0.2) is 5.38 Å². The molecule has 0 bridgehead atoms. The van der Waals surface area contributed by atoms with E-state index in [1.165, 1.54) is 6.42 Å². The lowest BCUT2D eigenvalue weighted by molar-refractivity contribution is 0.0758. The second-order valence-electron chi connectivity index (χ2n) is 4.18. The van der Waals surface area contributed by atoms with E-state index in [1.807, 2.05) is 13.8 Å². The topological polar surface area (TPSA) is 48.1 Å². The van der Waals surface area contributed by atoms with E-state index in [1.54, 1.807) is 11.3 Å². The number of rotatable bonds is 4. The van der Waals surface area contributed by atoms with E-state index < -0.39 is 0 Å². The van der Waals surface area contributed by atoms with Gasteiger partial charge in [-0.2, -0.15) is 0 Å². The van der Waals surface area contributed by atoms with Crippen LogP contribution in [0.1, 0.15) is 49.9 Å². The van der Waals surface area contributed by atoms with Gasteiger partial charge in [0, 0.05) is 12.0 Å². The summed E-state index contributed by atoms with van der Waals surface area (Å²) in [5, 5.41) is 3.13. The van der Waals surface area contributed by atoms with Gasteiger partial charge in [0.15, 0.2) is 0 Å². The van der Waals surface area contributed by atoms with Crippen molar-refractivity contribution in [2.24, 2.45) is 5.73 Å². The van der Waals surface area contributed by atoms with Crippen LogP contribution in [0.2, 0.25) is 0 Å². The quantitative estimate of drug-likeness (QED) is 0.858. The molecule has 0 radical (unpaired) electrons. The summed E-state index contributed by atoms with van der Waals surface area (Å²) in [5.74, 6) is 0. The van der Waals surface area contributed by atoms with Gasteiger partial charge in [-0.1, -0.05) is 0 Å². The number of hydrogen-bond acceptors (Lipinski definition) is 4. The van der Waals surface area contributed by atoms with Crippen LogP contribution in [0.25, 0.3) is 0 Å². The molecule has 0 aromatic carbocycles. The highest BCUT2D eigenvalue weighted by molar-refractivity contribution is 7.09. The van der Waals surface area contributed by atoms with Gasteiger partial charge in [0.1, 0.15) is 11.1 Å². The second-order valence-corrected chi connectivity index (χ2v) is 5.07. The lowest BCUT2D eigenvalue weighted by Gasteiger charge is -2.36. The highest BCUT2D eigenvalue weighted by Gasteiger charge is 2.36. The Balaban J connectivity index is 2.09. The minimum atomic E-state index is -0.138. The summed E-state index contributed by atoms with van der Waals surface area (Å²) < 4.78 is 5.51. The van der Waals surface area contributed by atoms with Gasteiger partial charge in [-0.25, -0.2) is 4.98 Å². The molecule has 0 amide bonds. The predicted molar refractivity (Wildman–Crippen MR) is 61.9 cm³/mol. The highest BCUT2D eigenvalue weighted by Crippen LogP contribution is 2.39. The van der Waals surface area contributed by atoms with Crippen LogP contribution in [-0.2, 0) is 10.3 Å². The molecule has 1 aromatic heterocycles. The van der Waals surface area contributed by atoms with E-state index in [2.05, 4.69) is 10.4 Å². The fraction of sp³-hybridized carbons (Fsp3) is 0.727. The number of hydrogen-bond donors (Lipinski definition) is 1. The first kappa shape index (κ1) is 11.0. The average molecular weight is 226 g/mol. The Bertz CT molecular complexity index is 333. The van der Waals surface area contributed by atoms with Gasteiger partial charge in [0.25, 0.3) is 0 Å². The zero-order valence-electron chi connectivity index (χ0n) is 9.32. The molecule has 0 saturated heterocycles.